The van der Waals surface area contributed by atoms with Crippen molar-refractivity contribution < 1.29 is 13.9 Å². The largest absolute Gasteiger partial charge is 0.493 e. The molecule has 0 aliphatic carbocycles. The molecule has 0 aromatic heterocycles. The molecule has 0 amide bonds. The lowest BCUT2D eigenvalue weighted by Crippen LogP contribution is -2.01. The molecule has 3 heteroatoms. The summed E-state index contributed by atoms with van der Waals surface area (Å²) >= 11 is 0. The molecule has 1 aromatic carbocycles. The second-order valence-corrected chi connectivity index (χ2v) is 3.16. The van der Waals surface area contributed by atoms with Crippen LogP contribution in [0.25, 0.3) is 0 Å². The predicted octanol–water partition coefficient (Wildman–Crippen LogP) is 2.55. The van der Waals surface area contributed by atoms with Crippen molar-refractivity contribution in [1.82, 2.24) is 0 Å². The van der Waals surface area contributed by atoms with E-state index in [4.69, 9.17) is 9.47 Å². The average molecular weight is 198 g/mol. The quantitative estimate of drug-likeness (QED) is 0.677. The van der Waals surface area contributed by atoms with E-state index >= 15 is 0 Å². The average Bonchev–Trinajstić information content (AvgIpc) is 2.11. The van der Waals surface area contributed by atoms with Crippen molar-refractivity contribution in [1.29, 1.82) is 0 Å². The van der Waals surface area contributed by atoms with Crippen molar-refractivity contribution in [2.75, 3.05) is 20.3 Å². The standard InChI is InChI=1S/C11H15FO2/c1-9-6-10(12)8-11(7-9)14-5-3-4-13-2/h6-8H,3-5H2,1-2H3. The number of halogens is 1. The first-order chi connectivity index (χ1) is 6.72. The van der Waals surface area contributed by atoms with Gasteiger partial charge < -0.3 is 9.47 Å². The van der Waals surface area contributed by atoms with E-state index < -0.39 is 0 Å². The minimum absolute atomic E-state index is 0.258. The molecule has 0 atom stereocenters. The second kappa shape index (κ2) is 5.60. The van der Waals surface area contributed by atoms with Gasteiger partial charge in [-0.1, -0.05) is 0 Å². The topological polar surface area (TPSA) is 18.5 Å². The lowest BCUT2D eigenvalue weighted by atomic mass is 10.2. The van der Waals surface area contributed by atoms with Crippen molar-refractivity contribution in [3.8, 4) is 5.75 Å². The van der Waals surface area contributed by atoms with Gasteiger partial charge in [0, 0.05) is 26.2 Å². The van der Waals surface area contributed by atoms with Crippen LogP contribution >= 0.6 is 0 Å². The Kier molecular flexibility index (Phi) is 4.40. The zero-order valence-corrected chi connectivity index (χ0v) is 8.55. The van der Waals surface area contributed by atoms with Crippen LogP contribution in [0.3, 0.4) is 0 Å². The predicted molar refractivity (Wildman–Crippen MR) is 53.1 cm³/mol. The van der Waals surface area contributed by atoms with E-state index in [0.29, 0.717) is 19.0 Å². The Bertz CT molecular complexity index is 266. The summed E-state index contributed by atoms with van der Waals surface area (Å²) in [6, 6.07) is 4.68. The molecule has 0 unspecified atom stereocenters. The molecule has 0 aliphatic rings. The van der Waals surface area contributed by atoms with Gasteiger partial charge in [0.25, 0.3) is 0 Å². The van der Waals surface area contributed by atoms with Gasteiger partial charge in [-0.25, -0.2) is 4.39 Å². The number of methoxy groups -OCH3 is 1. The lowest BCUT2D eigenvalue weighted by molar-refractivity contribution is 0.172. The number of hydrogen-bond donors (Lipinski definition) is 0. The monoisotopic (exact) mass is 198 g/mol. The van der Waals surface area contributed by atoms with Crippen LogP contribution in [0.15, 0.2) is 18.2 Å². The number of benzene rings is 1. The summed E-state index contributed by atoms with van der Waals surface area (Å²) in [5.74, 6) is 0.324. The Labute approximate surface area is 83.6 Å². The third-order valence-electron chi connectivity index (χ3n) is 1.78. The van der Waals surface area contributed by atoms with Crippen LogP contribution in [-0.4, -0.2) is 20.3 Å². The molecule has 1 aromatic rings. The van der Waals surface area contributed by atoms with Gasteiger partial charge in [-0.2, -0.15) is 0 Å². The molecule has 0 spiro atoms. The molecule has 14 heavy (non-hydrogen) atoms. The van der Waals surface area contributed by atoms with E-state index in [0.717, 1.165) is 12.0 Å². The minimum atomic E-state index is -0.258. The molecule has 0 saturated carbocycles. The van der Waals surface area contributed by atoms with Crippen molar-refractivity contribution in [3.05, 3.63) is 29.6 Å². The fraction of sp³-hybridized carbons (Fsp3) is 0.455. The Balaban J connectivity index is 2.42. The first-order valence-corrected chi connectivity index (χ1v) is 4.61. The molecule has 78 valence electrons. The van der Waals surface area contributed by atoms with Crippen molar-refractivity contribution >= 4 is 0 Å². The third kappa shape index (κ3) is 3.75. The van der Waals surface area contributed by atoms with Crippen molar-refractivity contribution in [2.45, 2.75) is 13.3 Å². The van der Waals surface area contributed by atoms with Gasteiger partial charge in [-0.15, -0.1) is 0 Å². The SMILES string of the molecule is COCCCOc1cc(C)cc(F)c1. The smallest absolute Gasteiger partial charge is 0.127 e. The molecule has 0 radical (unpaired) electrons. The van der Waals surface area contributed by atoms with E-state index in [1.165, 1.54) is 12.1 Å². The molecule has 2 nitrogen and oxygen atoms in total. The highest BCUT2D eigenvalue weighted by molar-refractivity contribution is 5.28. The molecular formula is C11H15FO2. The number of ether oxygens (including phenoxy) is 2. The van der Waals surface area contributed by atoms with Gasteiger partial charge in [-0.3, -0.25) is 0 Å². The van der Waals surface area contributed by atoms with Crippen molar-refractivity contribution in [2.24, 2.45) is 0 Å². The Morgan fingerprint density at radius 3 is 2.64 bits per heavy atom. The summed E-state index contributed by atoms with van der Waals surface area (Å²) in [6.45, 7) is 3.05. The van der Waals surface area contributed by atoms with Crippen molar-refractivity contribution in [3.63, 3.8) is 0 Å². The third-order valence-corrected chi connectivity index (χ3v) is 1.78. The Morgan fingerprint density at radius 1 is 1.21 bits per heavy atom. The first kappa shape index (κ1) is 11.0. The molecule has 1 rings (SSSR count). The molecule has 0 N–H and O–H groups in total. The fourth-order valence-electron chi connectivity index (χ4n) is 1.18. The minimum Gasteiger partial charge on any atom is -0.493 e. The first-order valence-electron chi connectivity index (χ1n) is 4.61. The van der Waals surface area contributed by atoms with Gasteiger partial charge in [0.2, 0.25) is 0 Å². The summed E-state index contributed by atoms with van der Waals surface area (Å²) in [7, 11) is 1.65. The zero-order valence-electron chi connectivity index (χ0n) is 8.55. The van der Waals surface area contributed by atoms with E-state index in [9.17, 15) is 4.39 Å². The number of aryl methyl sites for hydroxylation is 1. The maximum Gasteiger partial charge on any atom is 0.127 e. The summed E-state index contributed by atoms with van der Waals surface area (Å²) in [6.07, 6.45) is 0.812. The molecule has 0 saturated heterocycles. The number of hydrogen-bond acceptors (Lipinski definition) is 2. The van der Waals surface area contributed by atoms with Crippen LogP contribution < -0.4 is 4.74 Å². The van der Waals surface area contributed by atoms with E-state index in [1.807, 2.05) is 13.0 Å². The van der Waals surface area contributed by atoms with E-state index in [1.54, 1.807) is 7.11 Å². The van der Waals surface area contributed by atoms with Gasteiger partial charge in [-0.05, 0) is 24.6 Å². The number of rotatable bonds is 5. The molecule has 0 aliphatic heterocycles. The molecule has 0 bridgehead atoms. The zero-order chi connectivity index (χ0) is 10.4. The van der Waals surface area contributed by atoms with Gasteiger partial charge in [0.05, 0.1) is 6.61 Å². The van der Waals surface area contributed by atoms with Crippen LogP contribution in [0, 0.1) is 12.7 Å². The molecule has 0 fully saturated rings. The van der Waals surface area contributed by atoms with E-state index in [-0.39, 0.29) is 5.82 Å². The highest BCUT2D eigenvalue weighted by Gasteiger charge is 1.98. The van der Waals surface area contributed by atoms with Gasteiger partial charge in [0.15, 0.2) is 0 Å². The maximum atomic E-state index is 12.9. The van der Waals surface area contributed by atoms with Crippen LogP contribution in [0.1, 0.15) is 12.0 Å². The lowest BCUT2D eigenvalue weighted by Gasteiger charge is -2.06. The highest BCUT2D eigenvalue weighted by atomic mass is 19.1. The molecule has 0 heterocycles. The Morgan fingerprint density at radius 2 is 2.00 bits per heavy atom. The van der Waals surface area contributed by atoms with Crippen LogP contribution in [0.4, 0.5) is 4.39 Å². The molecular weight excluding hydrogens is 183 g/mol. The van der Waals surface area contributed by atoms with Crippen LogP contribution in [0.2, 0.25) is 0 Å². The fourth-order valence-corrected chi connectivity index (χ4v) is 1.18. The summed E-state index contributed by atoms with van der Waals surface area (Å²) in [5.41, 5.74) is 0.867. The summed E-state index contributed by atoms with van der Waals surface area (Å²) in [4.78, 5) is 0. The normalized spacial score (nSPS) is 10.2. The van der Waals surface area contributed by atoms with Crippen LogP contribution in [0.5, 0.6) is 5.75 Å². The maximum absolute atomic E-state index is 12.9. The van der Waals surface area contributed by atoms with Crippen LogP contribution in [-0.2, 0) is 4.74 Å². The summed E-state index contributed by atoms with van der Waals surface area (Å²) < 4.78 is 23.1. The van der Waals surface area contributed by atoms with E-state index in [2.05, 4.69) is 0 Å². The van der Waals surface area contributed by atoms with Gasteiger partial charge in [0.1, 0.15) is 11.6 Å². The highest BCUT2D eigenvalue weighted by Crippen LogP contribution is 2.15. The Hall–Kier alpha value is -1.09. The second-order valence-electron chi connectivity index (χ2n) is 3.16. The van der Waals surface area contributed by atoms with Gasteiger partial charge >= 0.3 is 0 Å². The summed E-state index contributed by atoms with van der Waals surface area (Å²) in [5, 5.41) is 0.